The highest BCUT2D eigenvalue weighted by Gasteiger charge is 2.13. The van der Waals surface area contributed by atoms with Crippen molar-refractivity contribution in [3.8, 4) is 0 Å². The fraction of sp³-hybridized carbons (Fsp3) is 0.250. The maximum atomic E-state index is 10.9. The molecule has 19 heavy (non-hydrogen) atoms. The lowest BCUT2D eigenvalue weighted by atomic mass is 10.3. The van der Waals surface area contributed by atoms with E-state index >= 15 is 0 Å². The number of aromatic carboxylic acids is 1. The third-order valence-corrected chi connectivity index (χ3v) is 2.66. The fourth-order valence-corrected chi connectivity index (χ4v) is 1.79. The number of rotatable bonds is 4. The van der Waals surface area contributed by atoms with Crippen LogP contribution >= 0.6 is 0 Å². The molecule has 0 radical (unpaired) electrons. The van der Waals surface area contributed by atoms with Gasteiger partial charge in [-0.15, -0.1) is 0 Å². The van der Waals surface area contributed by atoms with E-state index in [4.69, 9.17) is 10.8 Å². The quantitative estimate of drug-likeness (QED) is 0.842. The molecule has 0 spiro atoms. The standard InChI is InChI=1S/C12H15N5O2/c1-16(6-8-5-14-17(2)7-8)11-9(13)3-4-10(15-11)12(18)19/h3-5,7H,6,13H2,1-2H3,(H,18,19). The molecule has 0 saturated carbocycles. The molecule has 0 unspecified atom stereocenters. The van der Waals surface area contributed by atoms with E-state index in [-0.39, 0.29) is 5.69 Å². The number of hydrogen-bond acceptors (Lipinski definition) is 5. The van der Waals surface area contributed by atoms with Crippen molar-refractivity contribution in [1.82, 2.24) is 14.8 Å². The van der Waals surface area contributed by atoms with Crippen LogP contribution in [0.5, 0.6) is 0 Å². The van der Waals surface area contributed by atoms with Gasteiger partial charge in [-0.05, 0) is 12.1 Å². The van der Waals surface area contributed by atoms with Crippen LogP contribution in [0.25, 0.3) is 0 Å². The van der Waals surface area contributed by atoms with Crippen molar-refractivity contribution in [2.75, 3.05) is 17.7 Å². The second kappa shape index (κ2) is 4.97. The molecular formula is C12H15N5O2. The predicted octanol–water partition coefficient (Wildman–Crippen LogP) is 0.732. The Morgan fingerprint density at radius 3 is 2.84 bits per heavy atom. The summed E-state index contributed by atoms with van der Waals surface area (Å²) < 4.78 is 1.70. The summed E-state index contributed by atoms with van der Waals surface area (Å²) in [4.78, 5) is 16.8. The molecule has 3 N–H and O–H groups in total. The van der Waals surface area contributed by atoms with Crippen molar-refractivity contribution in [1.29, 1.82) is 0 Å². The van der Waals surface area contributed by atoms with Crippen molar-refractivity contribution < 1.29 is 9.90 Å². The van der Waals surface area contributed by atoms with Crippen molar-refractivity contribution in [3.05, 3.63) is 35.8 Å². The third-order valence-electron chi connectivity index (χ3n) is 2.66. The molecule has 7 heteroatoms. The summed E-state index contributed by atoms with van der Waals surface area (Å²) in [6.45, 7) is 0.550. The van der Waals surface area contributed by atoms with Gasteiger partial charge in [0.15, 0.2) is 11.5 Å². The lowest BCUT2D eigenvalue weighted by Crippen LogP contribution is -2.20. The largest absolute Gasteiger partial charge is 0.477 e. The monoisotopic (exact) mass is 261 g/mol. The number of aryl methyl sites for hydroxylation is 1. The summed E-state index contributed by atoms with van der Waals surface area (Å²) in [6.07, 6.45) is 3.63. The second-order valence-corrected chi connectivity index (χ2v) is 4.29. The molecule has 0 bridgehead atoms. The molecule has 0 saturated heterocycles. The first-order valence-electron chi connectivity index (χ1n) is 5.66. The van der Waals surface area contributed by atoms with Gasteiger partial charge in [0, 0.05) is 32.4 Å². The van der Waals surface area contributed by atoms with Gasteiger partial charge in [0.05, 0.1) is 11.9 Å². The Bertz CT molecular complexity index is 608. The number of anilines is 2. The number of carboxylic acid groups (broad SMARTS) is 1. The van der Waals surface area contributed by atoms with Gasteiger partial charge >= 0.3 is 5.97 Å². The molecule has 0 fully saturated rings. The first-order chi connectivity index (χ1) is 8.97. The normalized spacial score (nSPS) is 10.4. The predicted molar refractivity (Wildman–Crippen MR) is 70.9 cm³/mol. The molecule has 0 amide bonds. The molecule has 0 aliphatic carbocycles. The van der Waals surface area contributed by atoms with Crippen molar-refractivity contribution in [3.63, 3.8) is 0 Å². The number of nitrogens with zero attached hydrogens (tertiary/aromatic N) is 4. The van der Waals surface area contributed by atoms with Crippen LogP contribution in [0.3, 0.4) is 0 Å². The maximum absolute atomic E-state index is 10.9. The molecule has 2 heterocycles. The molecule has 0 atom stereocenters. The zero-order valence-corrected chi connectivity index (χ0v) is 10.7. The van der Waals surface area contributed by atoms with Crippen LogP contribution in [0.2, 0.25) is 0 Å². The number of carboxylic acids is 1. The Hall–Kier alpha value is -2.57. The van der Waals surface area contributed by atoms with Crippen LogP contribution in [0, 0.1) is 0 Å². The average Bonchev–Trinajstić information content (AvgIpc) is 2.74. The van der Waals surface area contributed by atoms with Crippen LogP contribution in [0.1, 0.15) is 16.1 Å². The van der Waals surface area contributed by atoms with E-state index in [0.717, 1.165) is 5.56 Å². The van der Waals surface area contributed by atoms with Crippen molar-refractivity contribution >= 4 is 17.5 Å². The molecule has 100 valence electrons. The highest BCUT2D eigenvalue weighted by molar-refractivity contribution is 5.86. The molecule has 0 aromatic carbocycles. The SMILES string of the molecule is CN(Cc1cnn(C)c1)c1nc(C(=O)O)ccc1N. The van der Waals surface area contributed by atoms with E-state index < -0.39 is 5.97 Å². The molecule has 2 rings (SSSR count). The molecule has 2 aromatic rings. The van der Waals surface area contributed by atoms with Crippen LogP contribution in [-0.2, 0) is 13.6 Å². The van der Waals surface area contributed by atoms with E-state index in [0.29, 0.717) is 18.1 Å². The minimum atomic E-state index is -1.07. The van der Waals surface area contributed by atoms with Crippen molar-refractivity contribution in [2.24, 2.45) is 7.05 Å². The lowest BCUT2D eigenvalue weighted by molar-refractivity contribution is 0.0690. The van der Waals surface area contributed by atoms with Gasteiger partial charge in [0.1, 0.15) is 0 Å². The van der Waals surface area contributed by atoms with Crippen LogP contribution in [0.4, 0.5) is 11.5 Å². The third kappa shape index (κ3) is 2.82. The van der Waals surface area contributed by atoms with Gasteiger partial charge in [0.25, 0.3) is 0 Å². The molecular weight excluding hydrogens is 246 g/mol. The van der Waals surface area contributed by atoms with Crippen LogP contribution < -0.4 is 10.6 Å². The minimum Gasteiger partial charge on any atom is -0.477 e. The fourth-order valence-electron chi connectivity index (χ4n) is 1.79. The molecule has 2 aromatic heterocycles. The van der Waals surface area contributed by atoms with Gasteiger partial charge in [0.2, 0.25) is 0 Å². The van der Waals surface area contributed by atoms with Gasteiger partial charge in [-0.25, -0.2) is 9.78 Å². The summed E-state index contributed by atoms with van der Waals surface area (Å²) in [5, 5.41) is 13.0. The Morgan fingerprint density at radius 1 is 1.53 bits per heavy atom. The van der Waals surface area contributed by atoms with Gasteiger partial charge in [-0.3, -0.25) is 4.68 Å². The number of nitrogen functional groups attached to an aromatic ring is 1. The summed E-state index contributed by atoms with van der Waals surface area (Å²) in [7, 11) is 3.64. The highest BCUT2D eigenvalue weighted by Crippen LogP contribution is 2.21. The Balaban J connectivity index is 2.25. The highest BCUT2D eigenvalue weighted by atomic mass is 16.4. The molecule has 7 nitrogen and oxygen atoms in total. The first kappa shape index (κ1) is 12.9. The summed E-state index contributed by atoms with van der Waals surface area (Å²) >= 11 is 0. The van der Waals surface area contributed by atoms with Crippen LogP contribution in [0.15, 0.2) is 24.5 Å². The molecule has 0 aliphatic heterocycles. The topological polar surface area (TPSA) is 97.3 Å². The summed E-state index contributed by atoms with van der Waals surface area (Å²) in [5.74, 6) is -0.625. The lowest BCUT2D eigenvalue weighted by Gasteiger charge is -2.19. The Kier molecular flexibility index (Phi) is 3.37. The number of hydrogen-bond donors (Lipinski definition) is 2. The smallest absolute Gasteiger partial charge is 0.354 e. The maximum Gasteiger partial charge on any atom is 0.354 e. The van der Waals surface area contributed by atoms with Gasteiger partial charge < -0.3 is 15.7 Å². The van der Waals surface area contributed by atoms with E-state index in [1.807, 2.05) is 13.2 Å². The van der Waals surface area contributed by atoms with E-state index in [2.05, 4.69) is 10.1 Å². The summed E-state index contributed by atoms with van der Waals surface area (Å²) in [6, 6.07) is 2.94. The van der Waals surface area contributed by atoms with E-state index in [9.17, 15) is 4.79 Å². The molecule has 0 aliphatic rings. The Morgan fingerprint density at radius 2 is 2.26 bits per heavy atom. The van der Waals surface area contributed by atoms with Gasteiger partial charge in [-0.2, -0.15) is 5.10 Å². The number of pyridine rings is 1. The van der Waals surface area contributed by atoms with Gasteiger partial charge in [-0.1, -0.05) is 0 Å². The average molecular weight is 261 g/mol. The zero-order chi connectivity index (χ0) is 14.0. The number of nitrogens with two attached hydrogens (primary N) is 1. The first-order valence-corrected chi connectivity index (χ1v) is 5.66. The van der Waals surface area contributed by atoms with Crippen LogP contribution in [-0.4, -0.2) is 32.9 Å². The van der Waals surface area contributed by atoms with E-state index in [1.54, 1.807) is 28.9 Å². The van der Waals surface area contributed by atoms with E-state index in [1.165, 1.54) is 6.07 Å². The number of aromatic nitrogens is 3. The van der Waals surface area contributed by atoms with Crippen molar-refractivity contribution in [2.45, 2.75) is 6.54 Å². The second-order valence-electron chi connectivity index (χ2n) is 4.29. The minimum absolute atomic E-state index is 0.0257. The zero-order valence-electron chi connectivity index (χ0n) is 10.7. The summed E-state index contributed by atoms with van der Waals surface area (Å²) in [5.41, 5.74) is 7.24. The Labute approximate surface area is 110 Å². The number of carbonyl (C=O) groups is 1.